The Morgan fingerprint density at radius 2 is 2.22 bits per heavy atom. The van der Waals surface area contributed by atoms with Crippen molar-refractivity contribution in [3.63, 3.8) is 0 Å². The predicted octanol–water partition coefficient (Wildman–Crippen LogP) is 0.996. The summed E-state index contributed by atoms with van der Waals surface area (Å²) in [6.07, 6.45) is 3.14. The molecule has 0 fully saturated rings. The van der Waals surface area contributed by atoms with Gasteiger partial charge in [-0.05, 0) is 34.2 Å². The van der Waals surface area contributed by atoms with Crippen LogP contribution in [0.2, 0.25) is 0 Å². The van der Waals surface area contributed by atoms with Crippen LogP contribution in [0, 0.1) is 0 Å². The second-order valence-corrected chi connectivity index (χ2v) is 4.70. The topological polar surface area (TPSA) is 94.8 Å². The van der Waals surface area contributed by atoms with Crippen LogP contribution in [0.5, 0.6) is 5.88 Å². The quantitative estimate of drug-likeness (QED) is 0.755. The van der Waals surface area contributed by atoms with E-state index in [4.69, 9.17) is 4.74 Å². The maximum absolute atomic E-state index is 12.2. The van der Waals surface area contributed by atoms with Gasteiger partial charge in [0.2, 0.25) is 5.88 Å². The molecule has 0 aliphatic rings. The molecular weight excluding hydrogens is 296 g/mol. The monoisotopic (exact) mass is 310 g/mol. The Hall–Kier alpha value is -3.29. The maximum atomic E-state index is 12.2. The van der Waals surface area contributed by atoms with Crippen LogP contribution in [0.4, 0.5) is 0 Å². The first kappa shape index (κ1) is 14.6. The number of methoxy groups -OCH3 is 1. The molecule has 0 saturated carbocycles. The minimum atomic E-state index is -0.184. The summed E-state index contributed by atoms with van der Waals surface area (Å²) in [7, 11) is 1.56. The highest BCUT2D eigenvalue weighted by atomic mass is 16.5. The van der Waals surface area contributed by atoms with Gasteiger partial charge in [0, 0.05) is 24.4 Å². The van der Waals surface area contributed by atoms with Crippen molar-refractivity contribution in [1.29, 1.82) is 0 Å². The molecule has 1 N–H and O–H groups in total. The van der Waals surface area contributed by atoms with E-state index in [1.807, 2.05) is 12.1 Å². The van der Waals surface area contributed by atoms with Gasteiger partial charge in [0.15, 0.2) is 0 Å². The van der Waals surface area contributed by atoms with E-state index in [-0.39, 0.29) is 5.91 Å². The van der Waals surface area contributed by atoms with Gasteiger partial charge >= 0.3 is 0 Å². The van der Waals surface area contributed by atoms with E-state index in [1.54, 1.807) is 37.6 Å². The van der Waals surface area contributed by atoms with Crippen molar-refractivity contribution < 1.29 is 9.53 Å². The van der Waals surface area contributed by atoms with Crippen molar-refractivity contribution in [2.45, 2.75) is 6.54 Å². The van der Waals surface area contributed by atoms with E-state index in [2.05, 4.69) is 25.8 Å². The number of nitrogens with zero attached hydrogens (tertiary/aromatic N) is 5. The smallest absolute Gasteiger partial charge is 0.251 e. The van der Waals surface area contributed by atoms with Gasteiger partial charge in [-0.25, -0.2) is 9.67 Å². The molecular formula is C15H14N6O2. The molecule has 3 rings (SSSR count). The van der Waals surface area contributed by atoms with Crippen molar-refractivity contribution >= 4 is 5.91 Å². The summed E-state index contributed by atoms with van der Waals surface area (Å²) >= 11 is 0. The van der Waals surface area contributed by atoms with Gasteiger partial charge in [0.05, 0.1) is 12.8 Å². The molecule has 0 radical (unpaired) electrons. The molecule has 1 aromatic carbocycles. The number of carbonyl (C=O) groups is 1. The van der Waals surface area contributed by atoms with Crippen LogP contribution in [0.1, 0.15) is 15.9 Å². The number of rotatable bonds is 5. The van der Waals surface area contributed by atoms with Crippen LogP contribution in [0.25, 0.3) is 5.69 Å². The molecule has 3 aromatic rings. The van der Waals surface area contributed by atoms with E-state index in [0.29, 0.717) is 23.7 Å². The number of hydrogen-bond donors (Lipinski definition) is 1. The van der Waals surface area contributed by atoms with Crippen LogP contribution >= 0.6 is 0 Å². The molecule has 2 aromatic heterocycles. The number of benzene rings is 1. The summed E-state index contributed by atoms with van der Waals surface area (Å²) in [5, 5.41) is 13.8. The first-order valence-electron chi connectivity index (χ1n) is 6.87. The zero-order valence-corrected chi connectivity index (χ0v) is 12.4. The fraction of sp³-hybridized carbons (Fsp3) is 0.133. The molecule has 23 heavy (non-hydrogen) atoms. The molecule has 0 spiro atoms. The van der Waals surface area contributed by atoms with Crippen molar-refractivity contribution in [2.75, 3.05) is 7.11 Å². The molecule has 0 aliphatic carbocycles. The third kappa shape index (κ3) is 3.49. The van der Waals surface area contributed by atoms with Gasteiger partial charge in [-0.15, -0.1) is 5.10 Å². The standard InChI is InChI=1S/C15H14N6O2/c1-23-14-6-5-11(8-16-14)9-17-15(22)12-3-2-4-13(7-12)21-10-18-19-20-21/h2-8,10H,9H2,1H3,(H,17,22). The normalized spacial score (nSPS) is 10.3. The average Bonchev–Trinajstić information content (AvgIpc) is 3.15. The lowest BCUT2D eigenvalue weighted by atomic mass is 10.2. The zero-order chi connectivity index (χ0) is 16.1. The van der Waals surface area contributed by atoms with E-state index < -0.39 is 0 Å². The zero-order valence-electron chi connectivity index (χ0n) is 12.4. The maximum Gasteiger partial charge on any atom is 0.251 e. The second kappa shape index (κ2) is 6.65. The highest BCUT2D eigenvalue weighted by Gasteiger charge is 2.07. The summed E-state index contributed by atoms with van der Waals surface area (Å²) in [5.74, 6) is 0.352. The third-order valence-electron chi connectivity index (χ3n) is 3.18. The van der Waals surface area contributed by atoms with Crippen LogP contribution in [0.3, 0.4) is 0 Å². The Morgan fingerprint density at radius 1 is 1.30 bits per heavy atom. The molecule has 116 valence electrons. The summed E-state index contributed by atoms with van der Waals surface area (Å²) in [6.45, 7) is 0.380. The number of aromatic nitrogens is 5. The Bertz CT molecular complexity index is 786. The Morgan fingerprint density at radius 3 is 2.91 bits per heavy atom. The minimum absolute atomic E-state index is 0.184. The molecule has 2 heterocycles. The lowest BCUT2D eigenvalue weighted by Gasteiger charge is -2.07. The fourth-order valence-electron chi connectivity index (χ4n) is 1.99. The predicted molar refractivity (Wildman–Crippen MR) is 81.1 cm³/mol. The Balaban J connectivity index is 1.67. The number of nitrogens with one attached hydrogen (secondary N) is 1. The molecule has 8 heteroatoms. The highest BCUT2D eigenvalue weighted by molar-refractivity contribution is 5.94. The molecule has 1 amide bonds. The number of tetrazole rings is 1. The van der Waals surface area contributed by atoms with Crippen LogP contribution in [-0.4, -0.2) is 38.2 Å². The first-order chi connectivity index (χ1) is 11.3. The third-order valence-corrected chi connectivity index (χ3v) is 3.18. The number of hydrogen-bond acceptors (Lipinski definition) is 6. The number of pyridine rings is 1. The molecule has 0 bridgehead atoms. The fourth-order valence-corrected chi connectivity index (χ4v) is 1.99. The lowest BCUT2D eigenvalue weighted by molar-refractivity contribution is 0.0951. The first-order valence-corrected chi connectivity index (χ1v) is 6.87. The number of ether oxygens (including phenoxy) is 1. The van der Waals surface area contributed by atoms with Crippen molar-refractivity contribution in [3.8, 4) is 11.6 Å². The van der Waals surface area contributed by atoms with Gasteiger partial charge in [-0.1, -0.05) is 12.1 Å². The van der Waals surface area contributed by atoms with E-state index in [1.165, 1.54) is 11.0 Å². The van der Waals surface area contributed by atoms with Crippen molar-refractivity contribution in [1.82, 2.24) is 30.5 Å². The van der Waals surface area contributed by atoms with Crippen LogP contribution in [-0.2, 0) is 6.54 Å². The average molecular weight is 310 g/mol. The Kier molecular flexibility index (Phi) is 4.23. The molecule has 0 saturated heterocycles. The summed E-state index contributed by atoms with van der Waals surface area (Å²) in [5.41, 5.74) is 2.13. The van der Waals surface area contributed by atoms with E-state index in [0.717, 1.165) is 5.56 Å². The number of amides is 1. The number of carbonyl (C=O) groups excluding carboxylic acids is 1. The van der Waals surface area contributed by atoms with E-state index >= 15 is 0 Å². The van der Waals surface area contributed by atoms with Gasteiger partial charge in [0.25, 0.3) is 5.91 Å². The largest absolute Gasteiger partial charge is 0.481 e. The second-order valence-electron chi connectivity index (χ2n) is 4.70. The molecule has 0 unspecified atom stereocenters. The molecule has 0 aliphatic heterocycles. The summed E-state index contributed by atoms with van der Waals surface area (Å²) in [6, 6.07) is 10.7. The summed E-state index contributed by atoms with van der Waals surface area (Å²) in [4.78, 5) is 16.3. The molecule has 8 nitrogen and oxygen atoms in total. The molecule has 0 atom stereocenters. The summed E-state index contributed by atoms with van der Waals surface area (Å²) < 4.78 is 6.49. The van der Waals surface area contributed by atoms with Gasteiger partial charge in [-0.3, -0.25) is 4.79 Å². The van der Waals surface area contributed by atoms with Gasteiger partial charge < -0.3 is 10.1 Å². The van der Waals surface area contributed by atoms with E-state index in [9.17, 15) is 4.79 Å². The van der Waals surface area contributed by atoms with Crippen LogP contribution in [0.15, 0.2) is 48.9 Å². The minimum Gasteiger partial charge on any atom is -0.481 e. The Labute approximate surface area is 132 Å². The highest BCUT2D eigenvalue weighted by Crippen LogP contribution is 2.10. The SMILES string of the molecule is COc1ccc(CNC(=O)c2cccc(-n3cnnn3)c2)cn1. The van der Waals surface area contributed by atoms with Crippen LogP contribution < -0.4 is 10.1 Å². The van der Waals surface area contributed by atoms with Gasteiger partial charge in [-0.2, -0.15) is 0 Å². The lowest BCUT2D eigenvalue weighted by Crippen LogP contribution is -2.23. The van der Waals surface area contributed by atoms with Crippen molar-refractivity contribution in [3.05, 3.63) is 60.0 Å². The van der Waals surface area contributed by atoms with Gasteiger partial charge in [0.1, 0.15) is 6.33 Å². The van der Waals surface area contributed by atoms with Crippen molar-refractivity contribution in [2.24, 2.45) is 0 Å².